The molecule has 1 amide bonds. The van der Waals surface area contributed by atoms with Gasteiger partial charge < -0.3 is 15.4 Å². The van der Waals surface area contributed by atoms with Gasteiger partial charge in [-0.05, 0) is 37.6 Å². The fourth-order valence-electron chi connectivity index (χ4n) is 2.92. The molecule has 0 spiro atoms. The maximum absolute atomic E-state index is 12.4. The Morgan fingerprint density at radius 2 is 2.00 bits per heavy atom. The monoisotopic (exact) mass is 325 g/mol. The standard InChI is InChI=1S/C19H23N3O2/c1-14-16(10-13-24-14)19(23)22-18-8-3-2-7-17(18)21-12-9-15-6-4-5-11-20-15/h2-8,11,14,16,21H,9-10,12-13H2,1H3,(H,22,23)/t14-,16-/m1/s1. The molecule has 2 heterocycles. The van der Waals surface area contributed by atoms with Crippen molar-refractivity contribution in [1.82, 2.24) is 4.98 Å². The molecule has 24 heavy (non-hydrogen) atoms. The number of hydrogen-bond donors (Lipinski definition) is 2. The fourth-order valence-corrected chi connectivity index (χ4v) is 2.92. The summed E-state index contributed by atoms with van der Waals surface area (Å²) in [5.41, 5.74) is 2.78. The maximum Gasteiger partial charge on any atom is 0.230 e. The Balaban J connectivity index is 1.59. The molecule has 5 nitrogen and oxygen atoms in total. The second-order valence-corrected chi connectivity index (χ2v) is 6.00. The number of hydrogen-bond acceptors (Lipinski definition) is 4. The van der Waals surface area contributed by atoms with Crippen molar-refractivity contribution in [3.05, 3.63) is 54.4 Å². The van der Waals surface area contributed by atoms with Crippen LogP contribution in [0.1, 0.15) is 19.0 Å². The van der Waals surface area contributed by atoms with Gasteiger partial charge in [-0.2, -0.15) is 0 Å². The lowest BCUT2D eigenvalue weighted by Crippen LogP contribution is -2.28. The van der Waals surface area contributed by atoms with Crippen LogP contribution < -0.4 is 10.6 Å². The number of carbonyl (C=O) groups is 1. The number of ether oxygens (including phenoxy) is 1. The second kappa shape index (κ2) is 7.93. The van der Waals surface area contributed by atoms with Crippen LogP contribution in [0.4, 0.5) is 11.4 Å². The molecule has 5 heteroatoms. The highest BCUT2D eigenvalue weighted by molar-refractivity contribution is 5.96. The van der Waals surface area contributed by atoms with Gasteiger partial charge >= 0.3 is 0 Å². The van der Waals surface area contributed by atoms with Crippen molar-refractivity contribution in [3.8, 4) is 0 Å². The molecule has 0 unspecified atom stereocenters. The molecule has 2 N–H and O–H groups in total. The van der Waals surface area contributed by atoms with Gasteiger partial charge in [-0.1, -0.05) is 18.2 Å². The summed E-state index contributed by atoms with van der Waals surface area (Å²) in [6.45, 7) is 3.37. The summed E-state index contributed by atoms with van der Waals surface area (Å²) in [7, 11) is 0. The molecule has 1 saturated heterocycles. The van der Waals surface area contributed by atoms with Crippen molar-refractivity contribution >= 4 is 17.3 Å². The lowest BCUT2D eigenvalue weighted by atomic mass is 10.0. The molecular weight excluding hydrogens is 302 g/mol. The Morgan fingerprint density at radius 1 is 1.21 bits per heavy atom. The summed E-state index contributed by atoms with van der Waals surface area (Å²) in [5, 5.41) is 6.42. The molecule has 1 fully saturated rings. The van der Waals surface area contributed by atoms with E-state index < -0.39 is 0 Å². The largest absolute Gasteiger partial charge is 0.383 e. The first-order valence-electron chi connectivity index (χ1n) is 8.39. The number of aromatic nitrogens is 1. The van der Waals surface area contributed by atoms with Crippen LogP contribution in [0, 0.1) is 5.92 Å². The van der Waals surface area contributed by atoms with Gasteiger partial charge in [-0.3, -0.25) is 9.78 Å². The van der Waals surface area contributed by atoms with Crippen LogP contribution in [0.2, 0.25) is 0 Å². The zero-order valence-corrected chi connectivity index (χ0v) is 13.9. The van der Waals surface area contributed by atoms with E-state index in [2.05, 4.69) is 15.6 Å². The van der Waals surface area contributed by atoms with Gasteiger partial charge in [0.05, 0.1) is 23.4 Å². The van der Waals surface area contributed by atoms with Crippen LogP contribution in [0.3, 0.4) is 0 Å². The fraction of sp³-hybridized carbons (Fsp3) is 0.368. The number of nitrogens with zero attached hydrogens (tertiary/aromatic N) is 1. The average molecular weight is 325 g/mol. The minimum atomic E-state index is -0.0772. The predicted molar refractivity (Wildman–Crippen MR) is 95.0 cm³/mol. The average Bonchev–Trinajstić information content (AvgIpc) is 3.03. The number of amides is 1. The summed E-state index contributed by atoms with van der Waals surface area (Å²) in [6, 6.07) is 13.7. The van der Waals surface area contributed by atoms with Crippen LogP contribution in [0.5, 0.6) is 0 Å². The quantitative estimate of drug-likeness (QED) is 0.856. The molecule has 1 aromatic carbocycles. The zero-order chi connectivity index (χ0) is 16.8. The maximum atomic E-state index is 12.4. The smallest absolute Gasteiger partial charge is 0.230 e. The van der Waals surface area contributed by atoms with Gasteiger partial charge in [0.2, 0.25) is 5.91 Å². The molecule has 1 aromatic heterocycles. The third kappa shape index (κ3) is 4.11. The lowest BCUT2D eigenvalue weighted by Gasteiger charge is -2.17. The summed E-state index contributed by atoms with van der Waals surface area (Å²) in [6.07, 6.45) is 3.39. The van der Waals surface area contributed by atoms with Crippen LogP contribution in [0.25, 0.3) is 0 Å². The van der Waals surface area contributed by atoms with E-state index in [1.54, 1.807) is 6.20 Å². The topological polar surface area (TPSA) is 63.2 Å². The van der Waals surface area contributed by atoms with E-state index in [1.165, 1.54) is 0 Å². The lowest BCUT2D eigenvalue weighted by molar-refractivity contribution is -0.121. The van der Waals surface area contributed by atoms with Gasteiger partial charge in [0, 0.05) is 31.5 Å². The van der Waals surface area contributed by atoms with Gasteiger partial charge in [-0.15, -0.1) is 0 Å². The number of pyridine rings is 1. The molecule has 0 radical (unpaired) electrons. The van der Waals surface area contributed by atoms with Crippen molar-refractivity contribution in [2.24, 2.45) is 5.92 Å². The van der Waals surface area contributed by atoms with Crippen molar-refractivity contribution in [2.45, 2.75) is 25.9 Å². The summed E-state index contributed by atoms with van der Waals surface area (Å²) < 4.78 is 5.48. The highest BCUT2D eigenvalue weighted by atomic mass is 16.5. The molecule has 2 aromatic rings. The molecule has 0 aliphatic carbocycles. The summed E-state index contributed by atoms with van der Waals surface area (Å²) >= 11 is 0. The van der Waals surface area contributed by atoms with Crippen molar-refractivity contribution in [2.75, 3.05) is 23.8 Å². The van der Waals surface area contributed by atoms with E-state index in [1.807, 2.05) is 49.4 Å². The normalized spacial score (nSPS) is 19.9. The zero-order valence-electron chi connectivity index (χ0n) is 13.9. The number of nitrogens with one attached hydrogen (secondary N) is 2. The number of anilines is 2. The molecule has 1 aliphatic heterocycles. The van der Waals surface area contributed by atoms with E-state index in [9.17, 15) is 4.79 Å². The molecule has 126 valence electrons. The molecule has 1 aliphatic rings. The SMILES string of the molecule is C[C@H]1OCC[C@H]1C(=O)Nc1ccccc1NCCc1ccccn1. The first-order chi connectivity index (χ1) is 11.7. The molecular formula is C19H23N3O2. The Kier molecular flexibility index (Phi) is 5.43. The van der Waals surface area contributed by atoms with Crippen molar-refractivity contribution < 1.29 is 9.53 Å². The minimum absolute atomic E-state index is 0.0192. The van der Waals surface area contributed by atoms with Crippen LogP contribution in [-0.4, -0.2) is 30.1 Å². The number of rotatable bonds is 6. The third-order valence-electron chi connectivity index (χ3n) is 4.32. The predicted octanol–water partition coefficient (Wildman–Crippen LogP) is 3.10. The van der Waals surface area contributed by atoms with E-state index in [0.29, 0.717) is 6.61 Å². The van der Waals surface area contributed by atoms with Gasteiger partial charge in [0.15, 0.2) is 0 Å². The number of carbonyl (C=O) groups excluding carboxylic acids is 1. The molecule has 0 bridgehead atoms. The first kappa shape index (κ1) is 16.5. The van der Waals surface area contributed by atoms with E-state index >= 15 is 0 Å². The number of para-hydroxylation sites is 2. The first-order valence-corrected chi connectivity index (χ1v) is 8.39. The van der Waals surface area contributed by atoms with Crippen LogP contribution >= 0.6 is 0 Å². The summed E-state index contributed by atoms with van der Waals surface area (Å²) in [4.78, 5) is 16.8. The highest BCUT2D eigenvalue weighted by Crippen LogP contribution is 2.25. The van der Waals surface area contributed by atoms with Gasteiger partial charge in [-0.25, -0.2) is 0 Å². The van der Waals surface area contributed by atoms with E-state index in [4.69, 9.17) is 4.74 Å². The van der Waals surface area contributed by atoms with Crippen molar-refractivity contribution in [3.63, 3.8) is 0 Å². The second-order valence-electron chi connectivity index (χ2n) is 6.00. The highest BCUT2D eigenvalue weighted by Gasteiger charge is 2.30. The van der Waals surface area contributed by atoms with Gasteiger partial charge in [0.25, 0.3) is 0 Å². The Morgan fingerprint density at radius 3 is 2.71 bits per heavy atom. The van der Waals surface area contributed by atoms with E-state index in [0.717, 1.165) is 36.5 Å². The Labute approximate surface area is 142 Å². The Hall–Kier alpha value is -2.40. The summed E-state index contributed by atoms with van der Waals surface area (Å²) in [5.74, 6) is -0.0504. The van der Waals surface area contributed by atoms with Crippen molar-refractivity contribution in [1.29, 1.82) is 0 Å². The van der Waals surface area contributed by atoms with E-state index in [-0.39, 0.29) is 17.9 Å². The molecule has 3 rings (SSSR count). The Bertz CT molecular complexity index is 675. The van der Waals surface area contributed by atoms with Gasteiger partial charge in [0.1, 0.15) is 0 Å². The third-order valence-corrected chi connectivity index (χ3v) is 4.32. The molecule has 2 atom stereocenters. The number of benzene rings is 1. The van der Waals surface area contributed by atoms with Crippen LogP contribution in [-0.2, 0) is 16.0 Å². The molecule has 0 saturated carbocycles. The minimum Gasteiger partial charge on any atom is -0.383 e. The van der Waals surface area contributed by atoms with Crippen LogP contribution in [0.15, 0.2) is 48.7 Å².